The molecule has 2 N–H and O–H groups in total. The number of halogens is 1. The molecule has 1 aromatic rings. The lowest BCUT2D eigenvalue weighted by atomic mass is 10.0. The average molecular weight is 448 g/mol. The molecule has 1 aliphatic heterocycles. The lowest BCUT2D eigenvalue weighted by Gasteiger charge is -2.41. The number of hydrogen-bond donors (Lipinski definition) is 2. The molecule has 0 unspecified atom stereocenters. The highest BCUT2D eigenvalue weighted by Gasteiger charge is 2.31. The fourth-order valence-corrected chi connectivity index (χ4v) is 4.88. The summed E-state index contributed by atoms with van der Waals surface area (Å²) in [7, 11) is -4.16. The van der Waals surface area contributed by atoms with Crippen LogP contribution in [0.4, 0.5) is 4.39 Å². The SMILES string of the molecule is CSCC[C@H](NS(=O)(=O)c1ccccc1F)C(=O)NCC(C)(C)N1CCOCC1. The summed E-state index contributed by atoms with van der Waals surface area (Å²) < 4.78 is 46.9. The van der Waals surface area contributed by atoms with E-state index in [1.54, 1.807) is 0 Å². The first-order valence-electron chi connectivity index (χ1n) is 9.54. The number of hydrogen-bond acceptors (Lipinski definition) is 6. The van der Waals surface area contributed by atoms with Crippen molar-refractivity contribution in [1.29, 1.82) is 0 Å². The second kappa shape index (κ2) is 10.7. The molecule has 1 aliphatic rings. The van der Waals surface area contributed by atoms with Crippen molar-refractivity contribution in [2.24, 2.45) is 0 Å². The van der Waals surface area contributed by atoms with E-state index in [1.165, 1.54) is 30.0 Å². The maximum Gasteiger partial charge on any atom is 0.244 e. The van der Waals surface area contributed by atoms with Gasteiger partial charge in [0.1, 0.15) is 16.8 Å². The molecule has 0 radical (unpaired) electrons. The van der Waals surface area contributed by atoms with E-state index in [0.717, 1.165) is 19.2 Å². The number of carbonyl (C=O) groups excluding carboxylic acids is 1. The van der Waals surface area contributed by atoms with Gasteiger partial charge in [-0.2, -0.15) is 16.5 Å². The zero-order chi connectivity index (χ0) is 21.5. The van der Waals surface area contributed by atoms with E-state index >= 15 is 0 Å². The normalized spacial score (nSPS) is 17.1. The molecule has 0 aliphatic carbocycles. The highest BCUT2D eigenvalue weighted by atomic mass is 32.2. The summed E-state index contributed by atoms with van der Waals surface area (Å²) in [5.74, 6) is -0.678. The summed E-state index contributed by atoms with van der Waals surface area (Å²) in [6.45, 7) is 7.27. The van der Waals surface area contributed by atoms with E-state index in [9.17, 15) is 17.6 Å². The highest BCUT2D eigenvalue weighted by molar-refractivity contribution is 7.98. The molecule has 0 bridgehead atoms. The first kappa shape index (κ1) is 24.1. The molecule has 10 heteroatoms. The second-order valence-electron chi connectivity index (χ2n) is 7.52. The maximum atomic E-state index is 14.0. The van der Waals surface area contributed by atoms with Gasteiger partial charge in [-0.1, -0.05) is 12.1 Å². The van der Waals surface area contributed by atoms with Gasteiger partial charge in [0.05, 0.1) is 13.2 Å². The Morgan fingerprint density at radius 2 is 1.97 bits per heavy atom. The van der Waals surface area contributed by atoms with Gasteiger partial charge in [-0.3, -0.25) is 9.69 Å². The van der Waals surface area contributed by atoms with Gasteiger partial charge in [0, 0.05) is 25.2 Å². The first-order valence-corrected chi connectivity index (χ1v) is 12.4. The quantitative estimate of drug-likeness (QED) is 0.565. The van der Waals surface area contributed by atoms with Crippen LogP contribution in [0.5, 0.6) is 0 Å². The zero-order valence-corrected chi connectivity index (χ0v) is 18.7. The van der Waals surface area contributed by atoms with Crippen LogP contribution in [0.3, 0.4) is 0 Å². The smallest absolute Gasteiger partial charge is 0.244 e. The van der Waals surface area contributed by atoms with Crippen LogP contribution in [0.15, 0.2) is 29.2 Å². The first-order chi connectivity index (χ1) is 13.7. The largest absolute Gasteiger partial charge is 0.379 e. The fourth-order valence-electron chi connectivity index (χ4n) is 3.10. The Morgan fingerprint density at radius 1 is 1.31 bits per heavy atom. The van der Waals surface area contributed by atoms with Crippen molar-refractivity contribution in [1.82, 2.24) is 14.9 Å². The number of morpholine rings is 1. The molecule has 7 nitrogen and oxygen atoms in total. The van der Waals surface area contributed by atoms with E-state index in [4.69, 9.17) is 4.74 Å². The number of amides is 1. The minimum atomic E-state index is -4.16. The van der Waals surface area contributed by atoms with Crippen LogP contribution in [0.25, 0.3) is 0 Å². The predicted octanol–water partition coefficient (Wildman–Crippen LogP) is 1.45. The summed E-state index contributed by atoms with van der Waals surface area (Å²) in [5, 5.41) is 2.87. The third kappa shape index (κ3) is 6.92. The van der Waals surface area contributed by atoms with Gasteiger partial charge in [-0.25, -0.2) is 12.8 Å². The number of ether oxygens (including phenoxy) is 1. The van der Waals surface area contributed by atoms with Crippen LogP contribution < -0.4 is 10.0 Å². The average Bonchev–Trinajstić information content (AvgIpc) is 2.70. The molecule has 1 atom stereocenters. The molecule has 1 fully saturated rings. The van der Waals surface area contributed by atoms with Crippen LogP contribution >= 0.6 is 11.8 Å². The van der Waals surface area contributed by atoms with E-state index in [0.29, 0.717) is 31.9 Å². The Bertz CT molecular complexity index is 783. The number of sulfonamides is 1. The van der Waals surface area contributed by atoms with Crippen molar-refractivity contribution in [2.75, 3.05) is 44.9 Å². The monoisotopic (exact) mass is 447 g/mol. The molecule has 0 spiro atoms. The molecule has 1 saturated heterocycles. The van der Waals surface area contributed by atoms with E-state index in [-0.39, 0.29) is 5.54 Å². The maximum absolute atomic E-state index is 14.0. The molecule has 1 amide bonds. The number of benzene rings is 1. The van der Waals surface area contributed by atoms with Gasteiger partial charge in [-0.15, -0.1) is 0 Å². The van der Waals surface area contributed by atoms with Crippen molar-refractivity contribution >= 4 is 27.7 Å². The third-order valence-corrected chi connectivity index (χ3v) is 7.06. The van der Waals surface area contributed by atoms with Crippen molar-refractivity contribution in [2.45, 2.75) is 36.7 Å². The highest BCUT2D eigenvalue weighted by Crippen LogP contribution is 2.17. The van der Waals surface area contributed by atoms with E-state index < -0.39 is 32.7 Å². The number of nitrogens with zero attached hydrogens (tertiary/aromatic N) is 1. The minimum absolute atomic E-state index is 0.298. The Hall–Kier alpha value is -1.20. The Labute approximate surface area is 176 Å². The molecule has 2 rings (SSSR count). The Morgan fingerprint density at radius 3 is 2.59 bits per heavy atom. The Kier molecular flexibility index (Phi) is 8.90. The van der Waals surface area contributed by atoms with Crippen LogP contribution in [0.2, 0.25) is 0 Å². The fraction of sp³-hybridized carbons (Fsp3) is 0.632. The van der Waals surface area contributed by atoms with Crippen LogP contribution in [-0.4, -0.2) is 75.7 Å². The minimum Gasteiger partial charge on any atom is -0.379 e. The topological polar surface area (TPSA) is 87.7 Å². The summed E-state index contributed by atoms with van der Waals surface area (Å²) in [6.07, 6.45) is 2.18. The van der Waals surface area contributed by atoms with Crippen LogP contribution in [0, 0.1) is 5.82 Å². The lowest BCUT2D eigenvalue weighted by Crippen LogP contribution is -2.57. The molecule has 0 aromatic heterocycles. The number of rotatable bonds is 10. The van der Waals surface area contributed by atoms with Gasteiger partial charge in [0.2, 0.25) is 15.9 Å². The number of carbonyl (C=O) groups is 1. The van der Waals surface area contributed by atoms with Crippen LogP contribution in [0.1, 0.15) is 20.3 Å². The van der Waals surface area contributed by atoms with Crippen molar-refractivity contribution < 1.29 is 22.3 Å². The standard InChI is InChI=1S/C19H30FN3O4S2/c1-19(2,23-9-11-27-12-10-23)14-21-18(24)16(8-13-28-3)22-29(25,26)17-7-5-4-6-15(17)20/h4-7,16,22H,8-14H2,1-3H3,(H,21,24)/t16-/m0/s1. The van der Waals surface area contributed by atoms with Crippen molar-refractivity contribution in [3.05, 3.63) is 30.1 Å². The number of thioether (sulfide) groups is 1. The van der Waals surface area contributed by atoms with Gasteiger partial charge in [-0.05, 0) is 44.4 Å². The summed E-state index contributed by atoms with van der Waals surface area (Å²) >= 11 is 1.51. The summed E-state index contributed by atoms with van der Waals surface area (Å²) in [4.78, 5) is 14.6. The molecule has 0 saturated carbocycles. The van der Waals surface area contributed by atoms with Gasteiger partial charge in [0.15, 0.2) is 0 Å². The van der Waals surface area contributed by atoms with Crippen molar-refractivity contribution in [3.8, 4) is 0 Å². The second-order valence-corrected chi connectivity index (χ2v) is 10.2. The lowest BCUT2D eigenvalue weighted by molar-refractivity contribution is -0.123. The molecule has 29 heavy (non-hydrogen) atoms. The molecule has 1 aromatic carbocycles. The van der Waals surface area contributed by atoms with Crippen LogP contribution in [-0.2, 0) is 19.6 Å². The molecule has 1 heterocycles. The van der Waals surface area contributed by atoms with E-state index in [2.05, 4.69) is 14.9 Å². The summed E-state index contributed by atoms with van der Waals surface area (Å²) in [6, 6.07) is 4.14. The Balaban J connectivity index is 2.06. The van der Waals surface area contributed by atoms with Gasteiger partial charge in [0.25, 0.3) is 0 Å². The van der Waals surface area contributed by atoms with Gasteiger partial charge < -0.3 is 10.1 Å². The number of nitrogens with one attached hydrogen (secondary N) is 2. The summed E-state index contributed by atoms with van der Waals surface area (Å²) in [5.41, 5.74) is -0.298. The van der Waals surface area contributed by atoms with Gasteiger partial charge >= 0.3 is 0 Å². The zero-order valence-electron chi connectivity index (χ0n) is 17.1. The van der Waals surface area contributed by atoms with E-state index in [1.807, 2.05) is 20.1 Å². The third-order valence-electron chi connectivity index (χ3n) is 4.91. The predicted molar refractivity (Wildman–Crippen MR) is 113 cm³/mol. The molecule has 164 valence electrons. The molecular formula is C19H30FN3O4S2. The molecular weight excluding hydrogens is 417 g/mol. The van der Waals surface area contributed by atoms with Crippen molar-refractivity contribution in [3.63, 3.8) is 0 Å².